The molecule has 1 fully saturated rings. The van der Waals surface area contributed by atoms with Crippen LogP contribution in [0.3, 0.4) is 0 Å². The van der Waals surface area contributed by atoms with Crippen molar-refractivity contribution in [2.24, 2.45) is 11.7 Å². The topological polar surface area (TPSA) is 53.1 Å². The van der Waals surface area contributed by atoms with Gasteiger partial charge in [-0.15, -0.1) is 0 Å². The van der Waals surface area contributed by atoms with Gasteiger partial charge in [-0.1, -0.05) is 13.3 Å². The summed E-state index contributed by atoms with van der Waals surface area (Å²) in [6, 6.07) is 0. The quantitative estimate of drug-likeness (QED) is 0.873. The minimum atomic E-state index is 0.321. The van der Waals surface area contributed by atoms with Gasteiger partial charge in [0.2, 0.25) is 0 Å². The van der Waals surface area contributed by atoms with Crippen LogP contribution in [0.2, 0.25) is 0 Å². The van der Waals surface area contributed by atoms with Crippen molar-refractivity contribution in [2.75, 3.05) is 6.54 Å². The third kappa shape index (κ3) is 3.20. The molecule has 108 valence electrons. The van der Waals surface area contributed by atoms with Gasteiger partial charge in [-0.3, -0.25) is 4.68 Å². The molecule has 2 rings (SSSR count). The van der Waals surface area contributed by atoms with Crippen LogP contribution >= 0.6 is 15.9 Å². The molecular formula is C14H24BrN3O. The van der Waals surface area contributed by atoms with Crippen molar-refractivity contribution in [3.8, 4) is 0 Å². The number of ether oxygens (including phenoxy) is 1. The van der Waals surface area contributed by atoms with E-state index in [9.17, 15) is 0 Å². The first-order valence-electron chi connectivity index (χ1n) is 7.26. The number of halogens is 1. The second-order valence-corrected chi connectivity index (χ2v) is 5.95. The second kappa shape index (κ2) is 6.86. The van der Waals surface area contributed by atoms with E-state index in [2.05, 4.69) is 34.9 Å². The van der Waals surface area contributed by atoms with E-state index in [-0.39, 0.29) is 0 Å². The first kappa shape index (κ1) is 15.0. The Hall–Kier alpha value is -0.390. The lowest BCUT2D eigenvalue weighted by Crippen LogP contribution is -2.25. The summed E-state index contributed by atoms with van der Waals surface area (Å²) in [6.45, 7) is 6.48. The number of hydrogen-bond donors (Lipinski definition) is 1. The molecule has 2 unspecified atom stereocenters. The number of hydrogen-bond acceptors (Lipinski definition) is 3. The van der Waals surface area contributed by atoms with Gasteiger partial charge in [-0.25, -0.2) is 0 Å². The maximum atomic E-state index is 6.10. The summed E-state index contributed by atoms with van der Waals surface area (Å²) in [5.41, 5.74) is 8.07. The molecule has 1 aromatic rings. The standard InChI is InChI=1S/C14H24BrN3O/c1-3-11-14(15)12(18(4-2)17-11)9-19-13-7-5-6-10(13)8-16/h10,13H,3-9,16H2,1-2H3. The lowest BCUT2D eigenvalue weighted by Gasteiger charge is -2.19. The van der Waals surface area contributed by atoms with E-state index in [1.165, 1.54) is 12.8 Å². The molecule has 0 saturated heterocycles. The molecule has 2 atom stereocenters. The largest absolute Gasteiger partial charge is 0.372 e. The van der Waals surface area contributed by atoms with Gasteiger partial charge in [0.05, 0.1) is 28.6 Å². The average Bonchev–Trinajstić information content (AvgIpc) is 3.00. The molecule has 4 nitrogen and oxygen atoms in total. The van der Waals surface area contributed by atoms with E-state index in [1.54, 1.807) is 0 Å². The zero-order valence-corrected chi connectivity index (χ0v) is 13.4. The van der Waals surface area contributed by atoms with Crippen LogP contribution in [0.1, 0.15) is 44.5 Å². The van der Waals surface area contributed by atoms with Gasteiger partial charge in [-0.2, -0.15) is 5.10 Å². The number of nitrogens with zero attached hydrogens (tertiary/aromatic N) is 2. The van der Waals surface area contributed by atoms with E-state index < -0.39 is 0 Å². The monoisotopic (exact) mass is 329 g/mol. The van der Waals surface area contributed by atoms with Crippen molar-refractivity contribution in [1.29, 1.82) is 0 Å². The van der Waals surface area contributed by atoms with Crippen molar-refractivity contribution < 1.29 is 4.74 Å². The van der Waals surface area contributed by atoms with Gasteiger partial charge >= 0.3 is 0 Å². The minimum absolute atomic E-state index is 0.321. The molecule has 2 N–H and O–H groups in total. The Bertz CT molecular complexity index is 419. The van der Waals surface area contributed by atoms with Crippen LogP contribution in [0, 0.1) is 5.92 Å². The highest BCUT2D eigenvalue weighted by Crippen LogP contribution is 2.30. The van der Waals surface area contributed by atoms with E-state index in [1.807, 2.05) is 4.68 Å². The van der Waals surface area contributed by atoms with Crippen molar-refractivity contribution >= 4 is 15.9 Å². The van der Waals surface area contributed by atoms with Gasteiger partial charge in [0.25, 0.3) is 0 Å². The molecule has 0 spiro atoms. The second-order valence-electron chi connectivity index (χ2n) is 5.15. The zero-order valence-electron chi connectivity index (χ0n) is 11.9. The van der Waals surface area contributed by atoms with Gasteiger partial charge in [0, 0.05) is 6.54 Å². The molecular weight excluding hydrogens is 306 g/mol. The summed E-state index contributed by atoms with van der Waals surface area (Å²) in [4.78, 5) is 0. The highest BCUT2D eigenvalue weighted by Gasteiger charge is 2.27. The molecule has 0 radical (unpaired) electrons. The smallest absolute Gasteiger partial charge is 0.0900 e. The Morgan fingerprint density at radius 2 is 2.21 bits per heavy atom. The first-order chi connectivity index (χ1) is 9.21. The zero-order chi connectivity index (χ0) is 13.8. The number of nitrogens with two attached hydrogens (primary N) is 1. The van der Waals surface area contributed by atoms with Crippen molar-refractivity contribution in [3.05, 3.63) is 15.9 Å². The number of rotatable bonds is 6. The van der Waals surface area contributed by atoms with Crippen molar-refractivity contribution in [2.45, 2.75) is 58.8 Å². The van der Waals surface area contributed by atoms with Gasteiger partial charge in [-0.05, 0) is 54.6 Å². The molecule has 5 heteroatoms. The molecule has 1 aromatic heterocycles. The predicted octanol–water partition coefficient (Wildman–Crippen LogP) is 2.87. The SMILES string of the molecule is CCc1nn(CC)c(COC2CCCC2CN)c1Br. The van der Waals surface area contributed by atoms with E-state index >= 15 is 0 Å². The van der Waals surface area contributed by atoms with Crippen molar-refractivity contribution in [3.63, 3.8) is 0 Å². The van der Waals surface area contributed by atoms with Crippen LogP contribution in [0.5, 0.6) is 0 Å². The van der Waals surface area contributed by atoms with Gasteiger partial charge in [0.15, 0.2) is 0 Å². The fraction of sp³-hybridized carbons (Fsp3) is 0.786. The molecule has 0 bridgehead atoms. The summed E-state index contributed by atoms with van der Waals surface area (Å²) in [7, 11) is 0. The molecule has 0 amide bonds. The van der Waals surface area contributed by atoms with E-state index in [0.717, 1.165) is 41.8 Å². The number of aryl methyl sites for hydroxylation is 2. The summed E-state index contributed by atoms with van der Waals surface area (Å²) in [5, 5.41) is 4.60. The molecule has 1 aliphatic carbocycles. The molecule has 1 heterocycles. The highest BCUT2D eigenvalue weighted by molar-refractivity contribution is 9.10. The normalized spacial score (nSPS) is 23.2. The maximum absolute atomic E-state index is 6.10. The lowest BCUT2D eigenvalue weighted by atomic mass is 10.1. The van der Waals surface area contributed by atoms with Gasteiger partial charge < -0.3 is 10.5 Å². The maximum Gasteiger partial charge on any atom is 0.0900 e. The third-order valence-corrected chi connectivity index (χ3v) is 4.94. The van der Waals surface area contributed by atoms with Crippen LogP contribution in [-0.2, 0) is 24.3 Å². The first-order valence-corrected chi connectivity index (χ1v) is 8.06. The third-order valence-electron chi connectivity index (χ3n) is 4.02. The fourth-order valence-corrected chi connectivity index (χ4v) is 3.51. The Kier molecular flexibility index (Phi) is 5.42. The van der Waals surface area contributed by atoms with Crippen LogP contribution < -0.4 is 5.73 Å². The Labute approximate surface area is 123 Å². The molecule has 1 saturated carbocycles. The molecule has 0 aromatic carbocycles. The van der Waals surface area contributed by atoms with Gasteiger partial charge in [0.1, 0.15) is 0 Å². The number of aromatic nitrogens is 2. The van der Waals surface area contributed by atoms with Crippen LogP contribution in [0.4, 0.5) is 0 Å². The average molecular weight is 330 g/mol. The molecule has 1 aliphatic rings. The molecule has 0 aliphatic heterocycles. The lowest BCUT2D eigenvalue weighted by molar-refractivity contribution is 0.0146. The summed E-state index contributed by atoms with van der Waals surface area (Å²) < 4.78 is 9.25. The Balaban J connectivity index is 2.04. The van der Waals surface area contributed by atoms with Crippen molar-refractivity contribution in [1.82, 2.24) is 9.78 Å². The molecule has 19 heavy (non-hydrogen) atoms. The van der Waals surface area contributed by atoms with Crippen LogP contribution in [-0.4, -0.2) is 22.4 Å². The summed E-state index contributed by atoms with van der Waals surface area (Å²) in [5.74, 6) is 0.530. The highest BCUT2D eigenvalue weighted by atomic mass is 79.9. The Morgan fingerprint density at radius 1 is 1.42 bits per heavy atom. The van der Waals surface area contributed by atoms with Crippen LogP contribution in [0.15, 0.2) is 4.47 Å². The van der Waals surface area contributed by atoms with E-state index in [0.29, 0.717) is 18.6 Å². The summed E-state index contributed by atoms with van der Waals surface area (Å²) >= 11 is 3.66. The fourth-order valence-electron chi connectivity index (χ4n) is 2.83. The minimum Gasteiger partial charge on any atom is -0.372 e. The Morgan fingerprint density at radius 3 is 2.84 bits per heavy atom. The summed E-state index contributed by atoms with van der Waals surface area (Å²) in [6.07, 6.45) is 4.84. The van der Waals surface area contributed by atoms with Crippen LogP contribution in [0.25, 0.3) is 0 Å². The van der Waals surface area contributed by atoms with E-state index in [4.69, 9.17) is 10.5 Å². The predicted molar refractivity (Wildman–Crippen MR) is 80.0 cm³/mol.